The van der Waals surface area contributed by atoms with Gasteiger partial charge in [0.1, 0.15) is 0 Å². The van der Waals surface area contributed by atoms with E-state index in [1.54, 1.807) is 14.2 Å². The van der Waals surface area contributed by atoms with Crippen molar-refractivity contribution in [3.8, 4) is 11.5 Å². The second kappa shape index (κ2) is 4.74. The molecule has 3 heteroatoms. The van der Waals surface area contributed by atoms with Gasteiger partial charge in [0.05, 0.1) is 14.2 Å². The van der Waals surface area contributed by atoms with E-state index < -0.39 is 0 Å². The van der Waals surface area contributed by atoms with Crippen molar-refractivity contribution in [2.24, 2.45) is 11.7 Å². The monoisotopic (exact) mass is 221 g/mol. The molecule has 1 atom stereocenters. The molecule has 3 nitrogen and oxygen atoms in total. The molecular formula is C13H19NO2. The largest absolute Gasteiger partial charge is 0.493 e. The average molecular weight is 221 g/mol. The summed E-state index contributed by atoms with van der Waals surface area (Å²) >= 11 is 0. The maximum absolute atomic E-state index is 6.15. The maximum Gasteiger partial charge on any atom is 0.161 e. The second-order valence-corrected chi connectivity index (χ2v) is 4.40. The third-order valence-corrected chi connectivity index (χ3v) is 3.12. The lowest BCUT2D eigenvalue weighted by Crippen LogP contribution is -2.11. The van der Waals surface area contributed by atoms with Gasteiger partial charge in [-0.05, 0) is 30.0 Å². The summed E-state index contributed by atoms with van der Waals surface area (Å²) in [5.74, 6) is 2.35. The van der Waals surface area contributed by atoms with Crippen LogP contribution in [0.2, 0.25) is 0 Å². The van der Waals surface area contributed by atoms with Crippen LogP contribution < -0.4 is 15.2 Å². The van der Waals surface area contributed by atoms with Gasteiger partial charge >= 0.3 is 0 Å². The predicted octanol–water partition coefficient (Wildman–Crippen LogP) is 2.50. The van der Waals surface area contributed by atoms with E-state index in [2.05, 4.69) is 0 Å². The summed E-state index contributed by atoms with van der Waals surface area (Å²) in [6.45, 7) is 0. The van der Waals surface area contributed by atoms with Crippen LogP contribution in [0.25, 0.3) is 0 Å². The maximum atomic E-state index is 6.15. The fraction of sp³-hybridized carbons (Fsp3) is 0.538. The van der Waals surface area contributed by atoms with Gasteiger partial charge in [-0.3, -0.25) is 0 Å². The summed E-state index contributed by atoms with van der Waals surface area (Å²) in [5.41, 5.74) is 7.28. The quantitative estimate of drug-likeness (QED) is 0.830. The SMILES string of the molecule is COc1ccc(C(N)CC2CC2)cc1OC. The molecule has 2 rings (SSSR count). The van der Waals surface area contributed by atoms with Gasteiger partial charge in [-0.2, -0.15) is 0 Å². The summed E-state index contributed by atoms with van der Waals surface area (Å²) < 4.78 is 10.5. The summed E-state index contributed by atoms with van der Waals surface area (Å²) in [6.07, 6.45) is 3.75. The Hall–Kier alpha value is -1.22. The van der Waals surface area contributed by atoms with Gasteiger partial charge in [0.15, 0.2) is 11.5 Å². The number of hydrogen-bond acceptors (Lipinski definition) is 3. The van der Waals surface area contributed by atoms with Crippen molar-refractivity contribution < 1.29 is 9.47 Å². The first-order chi connectivity index (χ1) is 7.74. The van der Waals surface area contributed by atoms with E-state index in [0.29, 0.717) is 0 Å². The lowest BCUT2D eigenvalue weighted by atomic mass is 10.0. The van der Waals surface area contributed by atoms with Gasteiger partial charge in [0.2, 0.25) is 0 Å². The third-order valence-electron chi connectivity index (χ3n) is 3.12. The van der Waals surface area contributed by atoms with E-state index in [1.165, 1.54) is 12.8 Å². The zero-order valence-electron chi connectivity index (χ0n) is 9.90. The molecule has 1 fully saturated rings. The first kappa shape index (κ1) is 11.3. The Morgan fingerprint density at radius 1 is 1.25 bits per heavy atom. The van der Waals surface area contributed by atoms with E-state index in [-0.39, 0.29) is 6.04 Å². The van der Waals surface area contributed by atoms with Gasteiger partial charge in [0, 0.05) is 6.04 Å². The Morgan fingerprint density at radius 2 is 1.94 bits per heavy atom. The van der Waals surface area contributed by atoms with Crippen molar-refractivity contribution in [1.29, 1.82) is 0 Å². The molecule has 1 aromatic carbocycles. The average Bonchev–Trinajstić information content (AvgIpc) is 3.11. The molecule has 2 N–H and O–H groups in total. The van der Waals surface area contributed by atoms with Crippen LogP contribution in [0.3, 0.4) is 0 Å². The van der Waals surface area contributed by atoms with Gasteiger partial charge in [-0.25, -0.2) is 0 Å². The van der Waals surface area contributed by atoms with Crippen LogP contribution in [0, 0.1) is 5.92 Å². The molecule has 1 aliphatic rings. The summed E-state index contributed by atoms with van der Waals surface area (Å²) in [7, 11) is 3.29. The van der Waals surface area contributed by atoms with E-state index in [1.807, 2.05) is 18.2 Å². The van der Waals surface area contributed by atoms with Crippen molar-refractivity contribution in [2.75, 3.05) is 14.2 Å². The minimum absolute atomic E-state index is 0.118. The van der Waals surface area contributed by atoms with Crippen LogP contribution in [0.15, 0.2) is 18.2 Å². The van der Waals surface area contributed by atoms with Crippen molar-refractivity contribution in [2.45, 2.75) is 25.3 Å². The molecule has 1 saturated carbocycles. The van der Waals surface area contributed by atoms with Crippen LogP contribution >= 0.6 is 0 Å². The number of benzene rings is 1. The third kappa shape index (κ3) is 2.47. The van der Waals surface area contributed by atoms with Crippen LogP contribution in [0.5, 0.6) is 11.5 Å². The fourth-order valence-corrected chi connectivity index (χ4v) is 1.93. The predicted molar refractivity (Wildman–Crippen MR) is 63.8 cm³/mol. The number of rotatable bonds is 5. The van der Waals surface area contributed by atoms with Crippen molar-refractivity contribution in [3.63, 3.8) is 0 Å². The molecule has 0 bridgehead atoms. The molecule has 1 aromatic rings. The lowest BCUT2D eigenvalue weighted by Gasteiger charge is -2.14. The molecule has 0 saturated heterocycles. The highest BCUT2D eigenvalue weighted by atomic mass is 16.5. The standard InChI is InChI=1S/C13H19NO2/c1-15-12-6-5-10(8-13(12)16-2)11(14)7-9-3-4-9/h5-6,8-9,11H,3-4,7,14H2,1-2H3. The minimum atomic E-state index is 0.118. The molecule has 0 aliphatic heterocycles. The first-order valence-electron chi connectivity index (χ1n) is 5.72. The van der Waals surface area contributed by atoms with Crippen molar-refractivity contribution in [1.82, 2.24) is 0 Å². The number of ether oxygens (including phenoxy) is 2. The smallest absolute Gasteiger partial charge is 0.161 e. The molecular weight excluding hydrogens is 202 g/mol. The highest BCUT2D eigenvalue weighted by Crippen LogP contribution is 2.38. The Balaban J connectivity index is 2.13. The van der Waals surface area contributed by atoms with Crippen LogP contribution in [-0.4, -0.2) is 14.2 Å². The van der Waals surface area contributed by atoms with Crippen LogP contribution in [0.4, 0.5) is 0 Å². The van der Waals surface area contributed by atoms with Gasteiger partial charge in [-0.1, -0.05) is 18.9 Å². The molecule has 1 aliphatic carbocycles. The summed E-state index contributed by atoms with van der Waals surface area (Å²) in [5, 5.41) is 0. The lowest BCUT2D eigenvalue weighted by molar-refractivity contribution is 0.354. The van der Waals surface area contributed by atoms with E-state index >= 15 is 0 Å². The minimum Gasteiger partial charge on any atom is -0.493 e. The Morgan fingerprint density at radius 3 is 2.50 bits per heavy atom. The highest BCUT2D eigenvalue weighted by Gasteiger charge is 2.24. The zero-order chi connectivity index (χ0) is 11.5. The van der Waals surface area contributed by atoms with E-state index in [9.17, 15) is 0 Å². The summed E-state index contributed by atoms with van der Waals surface area (Å²) in [4.78, 5) is 0. The number of hydrogen-bond donors (Lipinski definition) is 1. The Kier molecular flexibility index (Phi) is 3.34. The highest BCUT2D eigenvalue weighted by molar-refractivity contribution is 5.43. The van der Waals surface area contributed by atoms with Crippen molar-refractivity contribution in [3.05, 3.63) is 23.8 Å². The molecule has 88 valence electrons. The van der Waals surface area contributed by atoms with Crippen LogP contribution in [-0.2, 0) is 0 Å². The van der Waals surface area contributed by atoms with Crippen LogP contribution in [0.1, 0.15) is 30.9 Å². The zero-order valence-corrected chi connectivity index (χ0v) is 9.90. The molecule has 0 spiro atoms. The van der Waals surface area contributed by atoms with Gasteiger partial charge in [-0.15, -0.1) is 0 Å². The first-order valence-corrected chi connectivity index (χ1v) is 5.72. The normalized spacial score (nSPS) is 16.9. The summed E-state index contributed by atoms with van der Waals surface area (Å²) in [6, 6.07) is 6.04. The number of methoxy groups -OCH3 is 2. The van der Waals surface area contributed by atoms with E-state index in [0.717, 1.165) is 29.4 Å². The molecule has 0 amide bonds. The number of nitrogens with two attached hydrogens (primary N) is 1. The van der Waals surface area contributed by atoms with Gasteiger partial charge in [0.25, 0.3) is 0 Å². The molecule has 0 radical (unpaired) electrons. The molecule has 0 heterocycles. The molecule has 0 aromatic heterocycles. The Bertz CT molecular complexity index is 361. The topological polar surface area (TPSA) is 44.5 Å². The Labute approximate surface area is 96.5 Å². The van der Waals surface area contributed by atoms with E-state index in [4.69, 9.17) is 15.2 Å². The fourth-order valence-electron chi connectivity index (χ4n) is 1.93. The molecule has 1 unspecified atom stereocenters. The van der Waals surface area contributed by atoms with Gasteiger partial charge < -0.3 is 15.2 Å². The second-order valence-electron chi connectivity index (χ2n) is 4.40. The molecule has 16 heavy (non-hydrogen) atoms. The van der Waals surface area contributed by atoms with Crippen molar-refractivity contribution >= 4 is 0 Å².